The Morgan fingerprint density at radius 3 is 2.44 bits per heavy atom. The number of carbonyl (C=O) groups excluding carboxylic acids is 3. The van der Waals surface area contributed by atoms with E-state index in [2.05, 4.69) is 20.9 Å². The Labute approximate surface area is 289 Å². The van der Waals surface area contributed by atoms with E-state index in [1.54, 1.807) is 60.7 Å². The second-order valence-corrected chi connectivity index (χ2v) is 12.7. The Morgan fingerprint density at radius 2 is 1.69 bits per heavy atom. The van der Waals surface area contributed by atoms with Crippen molar-refractivity contribution in [2.45, 2.75) is 23.5 Å². The predicted molar refractivity (Wildman–Crippen MR) is 191 cm³/mol. The molecule has 0 spiro atoms. The van der Waals surface area contributed by atoms with Crippen LogP contribution < -0.4 is 16.0 Å². The number of benzene rings is 4. The second kappa shape index (κ2) is 16.0. The molecule has 0 bridgehead atoms. The van der Waals surface area contributed by atoms with Crippen LogP contribution in [-0.2, 0) is 9.59 Å². The number of aromatic nitrogens is 1. The first-order valence-corrected chi connectivity index (χ1v) is 16.8. The lowest BCUT2D eigenvalue weighted by atomic mass is 10.1. The average Bonchev–Trinajstić information content (AvgIpc) is 3.55. The third-order valence-electron chi connectivity index (χ3n) is 6.88. The number of nitrogens with one attached hydrogen (secondary N) is 3. The lowest BCUT2D eigenvalue weighted by Gasteiger charge is -2.15. The van der Waals surface area contributed by atoms with Crippen LogP contribution >= 0.6 is 34.7 Å². The Kier molecular flexibility index (Phi) is 11.4. The summed E-state index contributed by atoms with van der Waals surface area (Å²) in [6.45, 7) is 1.90. The van der Waals surface area contributed by atoms with Gasteiger partial charge in [-0.25, -0.2) is 4.98 Å². The van der Waals surface area contributed by atoms with E-state index in [1.807, 2.05) is 36.6 Å². The summed E-state index contributed by atoms with van der Waals surface area (Å²) >= 11 is 8.92. The fourth-order valence-corrected chi connectivity index (χ4v) is 6.47. The van der Waals surface area contributed by atoms with Gasteiger partial charge >= 0.3 is 0 Å². The molecule has 4 aromatic carbocycles. The van der Waals surface area contributed by atoms with Crippen LogP contribution in [0.15, 0.2) is 119 Å². The third kappa shape index (κ3) is 8.73. The molecule has 13 heteroatoms. The van der Waals surface area contributed by atoms with Gasteiger partial charge in [-0.2, -0.15) is 0 Å². The first-order chi connectivity index (χ1) is 23.2. The van der Waals surface area contributed by atoms with Gasteiger partial charge in [-0.3, -0.25) is 24.5 Å². The van der Waals surface area contributed by atoms with Crippen LogP contribution in [0.2, 0.25) is 5.02 Å². The number of nitro benzene ring substituents is 1. The Bertz CT molecular complexity index is 2000. The van der Waals surface area contributed by atoms with Crippen molar-refractivity contribution in [2.24, 2.45) is 0 Å². The van der Waals surface area contributed by atoms with E-state index < -0.39 is 22.0 Å². The molecule has 48 heavy (non-hydrogen) atoms. The topological polar surface area (TPSA) is 143 Å². The van der Waals surface area contributed by atoms with Crippen molar-refractivity contribution in [3.05, 3.63) is 140 Å². The van der Waals surface area contributed by atoms with Crippen LogP contribution in [-0.4, -0.2) is 32.9 Å². The number of nitro groups is 1. The number of thiazole rings is 1. The van der Waals surface area contributed by atoms with Gasteiger partial charge in [0.05, 0.1) is 21.4 Å². The van der Waals surface area contributed by atoms with Crippen LogP contribution in [0.3, 0.4) is 0 Å². The van der Waals surface area contributed by atoms with Crippen LogP contribution in [0.4, 0.5) is 16.5 Å². The molecule has 10 nitrogen and oxygen atoms in total. The Morgan fingerprint density at radius 1 is 0.958 bits per heavy atom. The molecule has 0 aliphatic heterocycles. The summed E-state index contributed by atoms with van der Waals surface area (Å²) in [7, 11) is 0. The van der Waals surface area contributed by atoms with Gasteiger partial charge in [0, 0.05) is 38.2 Å². The molecule has 0 saturated heterocycles. The molecule has 1 atom stereocenters. The molecule has 0 aliphatic carbocycles. The number of thioether (sulfide) groups is 1. The lowest BCUT2D eigenvalue weighted by Crippen LogP contribution is -2.30. The number of para-hydroxylation sites is 1. The number of hydrogen-bond acceptors (Lipinski definition) is 8. The molecule has 3 amide bonds. The van der Waals surface area contributed by atoms with Crippen molar-refractivity contribution < 1.29 is 19.3 Å². The van der Waals surface area contributed by atoms with E-state index in [4.69, 9.17) is 11.6 Å². The summed E-state index contributed by atoms with van der Waals surface area (Å²) in [5, 5.41) is 22.3. The van der Waals surface area contributed by atoms with Gasteiger partial charge in [-0.15, -0.1) is 23.1 Å². The molecule has 1 heterocycles. The molecular formula is C35H28ClN5O5S2. The van der Waals surface area contributed by atoms with Gasteiger partial charge in [-0.05, 0) is 55.0 Å². The predicted octanol–water partition coefficient (Wildman–Crippen LogP) is 8.29. The zero-order valence-corrected chi connectivity index (χ0v) is 27.8. The number of amides is 3. The standard InChI is InChI=1S/C35H28ClN5O5S2/c1-2-31(34(44)40-35-39-29(21-47-35)26-16-7-8-17-27(26)36)48-25-15-10-14-24(20-25)37-33(43)28(38-32(42)22-11-4-3-5-12-22)19-23-13-6-9-18-30(23)41(45)46/h3-21,31H,2H2,1H3,(H,37,43)(H,38,42)(H,39,40,44)/b28-19+. The van der Waals surface area contributed by atoms with E-state index in [0.29, 0.717) is 38.4 Å². The van der Waals surface area contributed by atoms with Crippen molar-refractivity contribution >= 4 is 75.0 Å². The van der Waals surface area contributed by atoms with Crippen LogP contribution in [0, 0.1) is 10.1 Å². The van der Waals surface area contributed by atoms with E-state index >= 15 is 0 Å². The van der Waals surface area contributed by atoms with Gasteiger partial charge in [0.1, 0.15) is 5.70 Å². The van der Waals surface area contributed by atoms with E-state index in [9.17, 15) is 24.5 Å². The third-order valence-corrected chi connectivity index (χ3v) is 9.33. The van der Waals surface area contributed by atoms with Gasteiger partial charge in [0.2, 0.25) is 5.91 Å². The summed E-state index contributed by atoms with van der Waals surface area (Å²) in [5.41, 5.74) is 1.86. The number of anilines is 2. The summed E-state index contributed by atoms with van der Waals surface area (Å²) in [4.78, 5) is 56.1. The van der Waals surface area contributed by atoms with Gasteiger partial charge in [0.15, 0.2) is 5.13 Å². The molecule has 0 radical (unpaired) electrons. The Hall–Kier alpha value is -5.30. The van der Waals surface area contributed by atoms with Crippen molar-refractivity contribution in [1.82, 2.24) is 10.3 Å². The average molecular weight is 698 g/mol. The van der Waals surface area contributed by atoms with E-state index in [1.165, 1.54) is 47.4 Å². The number of carbonyl (C=O) groups is 3. The summed E-state index contributed by atoms with van der Waals surface area (Å²) in [6, 6.07) is 28.5. The molecule has 0 saturated carbocycles. The molecule has 1 aromatic heterocycles. The monoisotopic (exact) mass is 697 g/mol. The molecule has 0 aliphatic rings. The first-order valence-electron chi connectivity index (χ1n) is 14.6. The normalized spacial score (nSPS) is 11.8. The SMILES string of the molecule is CCC(Sc1cccc(NC(=O)/C(=C\c2ccccc2[N+](=O)[O-])NC(=O)c2ccccc2)c1)C(=O)Nc1nc(-c2ccccc2Cl)cs1. The van der Waals surface area contributed by atoms with Gasteiger partial charge in [0.25, 0.3) is 17.5 Å². The highest BCUT2D eigenvalue weighted by Gasteiger charge is 2.21. The van der Waals surface area contributed by atoms with Crippen LogP contribution in [0.25, 0.3) is 17.3 Å². The van der Waals surface area contributed by atoms with Crippen molar-refractivity contribution in [1.29, 1.82) is 0 Å². The molecule has 5 rings (SSSR count). The smallest absolute Gasteiger partial charge is 0.276 e. The first kappa shape index (κ1) is 34.0. The van der Waals surface area contributed by atoms with Crippen molar-refractivity contribution in [3.63, 3.8) is 0 Å². The maximum absolute atomic E-state index is 13.5. The molecule has 242 valence electrons. The number of nitrogens with zero attached hydrogens (tertiary/aromatic N) is 2. The summed E-state index contributed by atoms with van der Waals surface area (Å²) in [6.07, 6.45) is 1.78. The van der Waals surface area contributed by atoms with E-state index in [-0.39, 0.29) is 22.9 Å². The Balaban J connectivity index is 1.31. The zero-order valence-electron chi connectivity index (χ0n) is 25.4. The highest BCUT2D eigenvalue weighted by Crippen LogP contribution is 2.32. The van der Waals surface area contributed by atoms with Gasteiger partial charge < -0.3 is 16.0 Å². The maximum Gasteiger partial charge on any atom is 0.276 e. The minimum atomic E-state index is -0.692. The minimum Gasteiger partial charge on any atom is -0.321 e. The van der Waals surface area contributed by atoms with Crippen LogP contribution in [0.5, 0.6) is 0 Å². The fraction of sp³-hybridized carbons (Fsp3) is 0.0857. The van der Waals surface area contributed by atoms with Crippen molar-refractivity contribution in [3.8, 4) is 11.3 Å². The molecular weight excluding hydrogens is 670 g/mol. The zero-order chi connectivity index (χ0) is 34.0. The quantitative estimate of drug-likeness (QED) is 0.0515. The minimum absolute atomic E-state index is 0.140. The largest absolute Gasteiger partial charge is 0.321 e. The fourth-order valence-electron chi connectivity index (χ4n) is 4.52. The number of hydrogen-bond donors (Lipinski definition) is 3. The summed E-state index contributed by atoms with van der Waals surface area (Å²) in [5.74, 6) is -1.48. The molecule has 5 aromatic rings. The molecule has 1 unspecified atom stereocenters. The van der Waals surface area contributed by atoms with Crippen molar-refractivity contribution in [2.75, 3.05) is 10.6 Å². The maximum atomic E-state index is 13.5. The number of halogens is 1. The number of rotatable bonds is 12. The highest BCUT2D eigenvalue weighted by molar-refractivity contribution is 8.00. The molecule has 0 fully saturated rings. The highest BCUT2D eigenvalue weighted by atomic mass is 35.5. The van der Waals surface area contributed by atoms with Crippen LogP contribution in [0.1, 0.15) is 29.3 Å². The lowest BCUT2D eigenvalue weighted by molar-refractivity contribution is -0.385. The summed E-state index contributed by atoms with van der Waals surface area (Å²) < 4.78 is 0. The van der Waals surface area contributed by atoms with E-state index in [0.717, 1.165) is 5.56 Å². The van der Waals surface area contributed by atoms with Gasteiger partial charge in [-0.1, -0.05) is 73.1 Å². The second-order valence-electron chi connectivity index (χ2n) is 10.2. The molecule has 3 N–H and O–H groups in total.